The Balaban J connectivity index is 1.53. The number of aromatic amines is 1. The summed E-state index contributed by atoms with van der Waals surface area (Å²) < 4.78 is 32.9. The first-order chi connectivity index (χ1) is 18.8. The lowest BCUT2D eigenvalue weighted by atomic mass is 10.00. The molecule has 0 spiro atoms. The van der Waals surface area contributed by atoms with E-state index in [1.165, 1.54) is 18.9 Å². The number of hydrogen-bond donors (Lipinski definition) is 4. The topological polar surface area (TPSA) is 103 Å². The Labute approximate surface area is 224 Å². The number of hydrogen-bond acceptors (Lipinski definition) is 5. The average molecular weight is 536 g/mol. The molecule has 4 aromatic rings. The van der Waals surface area contributed by atoms with Crippen LogP contribution in [0.4, 0.5) is 8.78 Å². The largest absolute Gasteiger partial charge is 0.497 e. The number of amides is 1. The number of fused-ring (bicyclic) bond motifs is 1. The van der Waals surface area contributed by atoms with Crippen LogP contribution < -0.4 is 20.8 Å². The van der Waals surface area contributed by atoms with E-state index in [0.717, 1.165) is 30.2 Å². The van der Waals surface area contributed by atoms with E-state index >= 15 is 0 Å². The van der Waals surface area contributed by atoms with Gasteiger partial charge in [0.2, 0.25) is 5.43 Å². The van der Waals surface area contributed by atoms with Gasteiger partial charge < -0.3 is 25.5 Å². The van der Waals surface area contributed by atoms with E-state index in [4.69, 9.17) is 4.74 Å². The molecule has 0 radical (unpaired) electrons. The minimum absolute atomic E-state index is 0.0583. The smallest absolute Gasteiger partial charge is 0.257 e. The highest BCUT2D eigenvalue weighted by Crippen LogP contribution is 2.17. The second-order valence-corrected chi connectivity index (χ2v) is 9.38. The maximum absolute atomic E-state index is 13.9. The van der Waals surface area contributed by atoms with Gasteiger partial charge in [0, 0.05) is 36.8 Å². The summed E-state index contributed by atoms with van der Waals surface area (Å²) in [7, 11) is 1.51. The molecule has 0 fully saturated rings. The molecule has 4 rings (SSSR count). The Bertz CT molecular complexity index is 1500. The van der Waals surface area contributed by atoms with Crippen LogP contribution in [-0.4, -0.2) is 41.8 Å². The first-order valence-electron chi connectivity index (χ1n) is 12.7. The van der Waals surface area contributed by atoms with Crippen LogP contribution in [0.5, 0.6) is 5.75 Å². The average Bonchev–Trinajstić information content (AvgIpc) is 2.92. The fourth-order valence-corrected chi connectivity index (χ4v) is 4.48. The molecule has 4 N–H and O–H groups in total. The lowest BCUT2D eigenvalue weighted by Gasteiger charge is -2.25. The molecule has 0 aliphatic carbocycles. The van der Waals surface area contributed by atoms with Gasteiger partial charge in [-0.2, -0.15) is 0 Å². The SMILES string of the molecule is CCc1cccc(CNCC(O)C(Cc2cc(F)cc(F)c2)NC(=O)c2c[nH]c3cc(OC)ccc3c2=O)c1. The number of H-pyrrole nitrogens is 1. The first kappa shape index (κ1) is 27.9. The second-order valence-electron chi connectivity index (χ2n) is 9.38. The number of aromatic nitrogens is 1. The molecule has 9 heteroatoms. The second kappa shape index (κ2) is 12.6. The van der Waals surface area contributed by atoms with Crippen molar-refractivity contribution in [2.75, 3.05) is 13.7 Å². The van der Waals surface area contributed by atoms with Gasteiger partial charge in [0.1, 0.15) is 22.9 Å². The van der Waals surface area contributed by atoms with E-state index in [-0.39, 0.29) is 24.1 Å². The number of nitrogens with one attached hydrogen (secondary N) is 3. The van der Waals surface area contributed by atoms with Crippen molar-refractivity contribution in [3.63, 3.8) is 0 Å². The van der Waals surface area contributed by atoms with Crippen molar-refractivity contribution >= 4 is 16.8 Å². The van der Waals surface area contributed by atoms with Crippen LogP contribution in [0.25, 0.3) is 10.9 Å². The number of aliphatic hydroxyl groups excluding tert-OH is 1. The number of pyridine rings is 1. The highest BCUT2D eigenvalue weighted by atomic mass is 19.1. The molecule has 0 aliphatic heterocycles. The fraction of sp³-hybridized carbons (Fsp3) is 0.267. The highest BCUT2D eigenvalue weighted by Gasteiger charge is 2.24. The number of benzene rings is 3. The molecule has 204 valence electrons. The summed E-state index contributed by atoms with van der Waals surface area (Å²) in [6, 6.07) is 15.0. The summed E-state index contributed by atoms with van der Waals surface area (Å²) in [5.74, 6) is -1.69. The molecule has 2 unspecified atom stereocenters. The predicted octanol–water partition coefficient (Wildman–Crippen LogP) is 3.87. The van der Waals surface area contributed by atoms with Gasteiger partial charge in [-0.25, -0.2) is 8.78 Å². The van der Waals surface area contributed by atoms with Crippen molar-refractivity contribution < 1.29 is 23.4 Å². The zero-order valence-corrected chi connectivity index (χ0v) is 21.8. The predicted molar refractivity (Wildman–Crippen MR) is 146 cm³/mol. The van der Waals surface area contributed by atoms with Gasteiger partial charge in [-0.15, -0.1) is 0 Å². The monoisotopic (exact) mass is 535 g/mol. The van der Waals surface area contributed by atoms with Gasteiger partial charge in [-0.05, 0) is 53.8 Å². The summed E-state index contributed by atoms with van der Waals surface area (Å²) in [6.45, 7) is 2.64. The number of carbonyl (C=O) groups excluding carboxylic acids is 1. The Kier molecular flexibility index (Phi) is 9.06. The van der Waals surface area contributed by atoms with Gasteiger partial charge in [-0.1, -0.05) is 31.2 Å². The third kappa shape index (κ3) is 7.07. The normalized spacial score (nSPS) is 12.7. The number of aliphatic hydroxyl groups is 1. The maximum atomic E-state index is 13.9. The van der Waals surface area contributed by atoms with Gasteiger partial charge in [0.15, 0.2) is 0 Å². The molecule has 2 atom stereocenters. The van der Waals surface area contributed by atoms with E-state index < -0.39 is 35.1 Å². The molecular formula is C30H31F2N3O4. The van der Waals surface area contributed by atoms with Crippen LogP contribution in [0.15, 0.2) is 71.7 Å². The van der Waals surface area contributed by atoms with E-state index in [1.807, 2.05) is 18.2 Å². The zero-order chi connectivity index (χ0) is 27.9. The lowest BCUT2D eigenvalue weighted by Crippen LogP contribution is -2.49. The van der Waals surface area contributed by atoms with Crippen molar-refractivity contribution in [1.29, 1.82) is 0 Å². The standard InChI is InChI=1S/C30H31F2N3O4/c1-3-18-5-4-6-19(9-18)15-33-17-28(36)27(12-20-10-21(31)13-22(32)11-20)35-30(38)25-16-34-26-14-23(39-2)7-8-24(26)29(25)37/h4-11,13-14,16,27-28,33,36H,3,12,15,17H2,1-2H3,(H,34,37)(H,35,38). The molecule has 0 aliphatic rings. The fourth-order valence-electron chi connectivity index (χ4n) is 4.48. The van der Waals surface area contributed by atoms with Crippen molar-refractivity contribution in [3.05, 3.63) is 111 Å². The van der Waals surface area contributed by atoms with Crippen LogP contribution >= 0.6 is 0 Å². The Morgan fingerprint density at radius 2 is 1.77 bits per heavy atom. The third-order valence-electron chi connectivity index (χ3n) is 6.57. The Hall–Kier alpha value is -4.08. The summed E-state index contributed by atoms with van der Waals surface area (Å²) in [6.07, 6.45) is 1.01. The molecule has 1 heterocycles. The molecular weight excluding hydrogens is 504 g/mol. The van der Waals surface area contributed by atoms with Gasteiger partial charge >= 0.3 is 0 Å². The molecule has 0 bridgehead atoms. The molecule has 7 nitrogen and oxygen atoms in total. The lowest BCUT2D eigenvalue weighted by molar-refractivity contribution is 0.0828. The van der Waals surface area contributed by atoms with Crippen molar-refractivity contribution in [2.24, 2.45) is 0 Å². The van der Waals surface area contributed by atoms with Crippen molar-refractivity contribution in [1.82, 2.24) is 15.6 Å². The first-order valence-corrected chi connectivity index (χ1v) is 12.7. The van der Waals surface area contributed by atoms with Crippen molar-refractivity contribution in [3.8, 4) is 5.75 Å². The minimum Gasteiger partial charge on any atom is -0.497 e. The number of rotatable bonds is 11. The molecule has 0 saturated carbocycles. The zero-order valence-electron chi connectivity index (χ0n) is 21.8. The Morgan fingerprint density at radius 1 is 1.03 bits per heavy atom. The molecule has 1 aromatic heterocycles. The summed E-state index contributed by atoms with van der Waals surface area (Å²) in [5, 5.41) is 17.2. The molecule has 39 heavy (non-hydrogen) atoms. The number of aryl methyl sites for hydroxylation is 1. The van der Waals surface area contributed by atoms with Gasteiger partial charge in [0.05, 0.1) is 24.8 Å². The van der Waals surface area contributed by atoms with Gasteiger partial charge in [-0.3, -0.25) is 9.59 Å². The molecule has 0 saturated heterocycles. The van der Waals surface area contributed by atoms with Crippen LogP contribution in [0, 0.1) is 11.6 Å². The van der Waals surface area contributed by atoms with Gasteiger partial charge in [0.25, 0.3) is 5.91 Å². The number of methoxy groups -OCH3 is 1. The Morgan fingerprint density at radius 3 is 2.49 bits per heavy atom. The minimum atomic E-state index is -1.13. The quantitative estimate of drug-likeness (QED) is 0.234. The summed E-state index contributed by atoms with van der Waals surface area (Å²) >= 11 is 0. The number of halogens is 2. The summed E-state index contributed by atoms with van der Waals surface area (Å²) in [4.78, 5) is 29.2. The van der Waals surface area contributed by atoms with Crippen molar-refractivity contribution in [2.45, 2.75) is 38.5 Å². The van der Waals surface area contributed by atoms with Crippen LogP contribution in [0.2, 0.25) is 0 Å². The molecule has 1 amide bonds. The molecule has 3 aromatic carbocycles. The number of ether oxygens (including phenoxy) is 1. The van der Waals surface area contributed by atoms with E-state index in [1.54, 1.807) is 18.2 Å². The number of carbonyl (C=O) groups is 1. The third-order valence-corrected chi connectivity index (χ3v) is 6.57. The van der Waals surface area contributed by atoms with E-state index in [2.05, 4.69) is 28.6 Å². The maximum Gasteiger partial charge on any atom is 0.257 e. The van der Waals surface area contributed by atoms with E-state index in [9.17, 15) is 23.5 Å². The van der Waals surface area contributed by atoms with E-state index in [0.29, 0.717) is 23.2 Å². The van der Waals surface area contributed by atoms with Crippen LogP contribution in [0.3, 0.4) is 0 Å². The van der Waals surface area contributed by atoms with Crippen LogP contribution in [0.1, 0.15) is 34.0 Å². The highest BCUT2D eigenvalue weighted by molar-refractivity contribution is 5.97. The summed E-state index contributed by atoms with van der Waals surface area (Å²) in [5.41, 5.74) is 2.33. The van der Waals surface area contributed by atoms with Crippen LogP contribution in [-0.2, 0) is 19.4 Å².